The molecule has 37 heavy (non-hydrogen) atoms. The molecular weight excluding hydrogens is 460 g/mol. The van der Waals surface area contributed by atoms with Crippen LogP contribution in [0.4, 0.5) is 5.69 Å². The maximum absolute atomic E-state index is 12.5. The zero-order valence-electron chi connectivity index (χ0n) is 21.1. The zero-order valence-corrected chi connectivity index (χ0v) is 21.1. The summed E-state index contributed by atoms with van der Waals surface area (Å²) in [4.78, 5) is 19.0. The fraction of sp³-hybridized carbons (Fsp3) is 0.290. The average molecular weight is 495 g/mol. The van der Waals surface area contributed by atoms with Crippen LogP contribution in [0.25, 0.3) is 0 Å². The van der Waals surface area contributed by atoms with Gasteiger partial charge in [0, 0.05) is 55.2 Å². The van der Waals surface area contributed by atoms with Gasteiger partial charge in [-0.05, 0) is 79.4 Å². The number of aromatic nitrogens is 1. The number of pyridine rings is 1. The van der Waals surface area contributed by atoms with Gasteiger partial charge < -0.3 is 20.0 Å². The average Bonchev–Trinajstić information content (AvgIpc) is 3.50. The maximum Gasteiger partial charge on any atom is 0.251 e. The molecule has 0 radical (unpaired) electrons. The van der Waals surface area contributed by atoms with Gasteiger partial charge in [-0.2, -0.15) is 0 Å². The van der Waals surface area contributed by atoms with Crippen LogP contribution in [-0.4, -0.2) is 36.6 Å². The van der Waals surface area contributed by atoms with Crippen LogP contribution in [0.15, 0.2) is 102 Å². The van der Waals surface area contributed by atoms with Gasteiger partial charge in [0.25, 0.3) is 5.91 Å². The summed E-state index contributed by atoms with van der Waals surface area (Å²) in [6.07, 6.45) is 8.46. The van der Waals surface area contributed by atoms with Crippen molar-refractivity contribution in [1.82, 2.24) is 15.6 Å². The second kappa shape index (κ2) is 12.4. The zero-order chi connectivity index (χ0) is 25.3. The van der Waals surface area contributed by atoms with Gasteiger partial charge in [-0.15, -0.1) is 0 Å². The number of hydrogen-bond acceptors (Lipinski definition) is 5. The number of amides is 1. The topological polar surface area (TPSA) is 70.4 Å². The standard InChI is InChI=1S/C31H34N4O2/c36-31(34-23-24-6-4-17-32-22-24)26-10-12-28(13-11-26)35-19-15-27(16-20-35)33-18-14-29(30-9-5-21-37-30)25-7-2-1-3-8-25/h1-13,17,21-22,27,29,33H,14-16,18-20,23H2,(H,34,36)/t29-/m0/s1. The summed E-state index contributed by atoms with van der Waals surface area (Å²) in [6.45, 7) is 3.44. The van der Waals surface area contributed by atoms with Crippen molar-refractivity contribution < 1.29 is 9.21 Å². The van der Waals surface area contributed by atoms with Crippen molar-refractivity contribution in [2.45, 2.75) is 37.8 Å². The summed E-state index contributed by atoms with van der Waals surface area (Å²) in [5.74, 6) is 1.22. The van der Waals surface area contributed by atoms with Crippen molar-refractivity contribution in [1.29, 1.82) is 0 Å². The highest BCUT2D eigenvalue weighted by Crippen LogP contribution is 2.28. The van der Waals surface area contributed by atoms with Gasteiger partial charge in [-0.3, -0.25) is 9.78 Å². The Balaban J connectivity index is 1.07. The molecule has 6 nitrogen and oxygen atoms in total. The number of rotatable bonds is 10. The number of furan rings is 1. The Kier molecular flexibility index (Phi) is 8.28. The second-order valence-corrected chi connectivity index (χ2v) is 9.57. The molecule has 1 aliphatic rings. The largest absolute Gasteiger partial charge is 0.469 e. The quantitative estimate of drug-likeness (QED) is 0.310. The van der Waals surface area contributed by atoms with Crippen molar-refractivity contribution in [2.24, 2.45) is 0 Å². The number of nitrogens with zero attached hydrogens (tertiary/aromatic N) is 2. The van der Waals surface area contributed by atoms with E-state index in [1.807, 2.05) is 30.3 Å². The number of benzene rings is 2. The highest BCUT2D eigenvalue weighted by Gasteiger charge is 2.21. The van der Waals surface area contributed by atoms with Gasteiger partial charge in [-0.1, -0.05) is 36.4 Å². The molecule has 2 aromatic heterocycles. The lowest BCUT2D eigenvalue weighted by Crippen LogP contribution is -2.43. The highest BCUT2D eigenvalue weighted by molar-refractivity contribution is 5.94. The number of anilines is 1. The molecule has 1 saturated heterocycles. The molecule has 3 heterocycles. The molecule has 1 aliphatic heterocycles. The lowest BCUT2D eigenvalue weighted by Gasteiger charge is -2.34. The first-order chi connectivity index (χ1) is 18.3. The second-order valence-electron chi connectivity index (χ2n) is 9.57. The third-order valence-corrected chi connectivity index (χ3v) is 7.12. The third-order valence-electron chi connectivity index (χ3n) is 7.12. The Bertz CT molecular complexity index is 1220. The van der Waals surface area contributed by atoms with E-state index in [9.17, 15) is 4.79 Å². The summed E-state index contributed by atoms with van der Waals surface area (Å²) < 4.78 is 5.75. The predicted octanol–water partition coefficient (Wildman–Crippen LogP) is 5.39. The fourth-order valence-corrected chi connectivity index (χ4v) is 5.03. The van der Waals surface area contributed by atoms with E-state index in [1.54, 1.807) is 18.7 Å². The molecule has 4 aromatic rings. The van der Waals surface area contributed by atoms with E-state index in [-0.39, 0.29) is 11.8 Å². The van der Waals surface area contributed by atoms with Crippen molar-refractivity contribution >= 4 is 11.6 Å². The normalized spacial score (nSPS) is 14.9. The van der Waals surface area contributed by atoms with Gasteiger partial charge >= 0.3 is 0 Å². The van der Waals surface area contributed by atoms with E-state index < -0.39 is 0 Å². The van der Waals surface area contributed by atoms with Gasteiger partial charge in [0.1, 0.15) is 5.76 Å². The minimum atomic E-state index is -0.0679. The molecule has 2 aromatic carbocycles. The van der Waals surface area contributed by atoms with Gasteiger partial charge in [0.05, 0.1) is 6.26 Å². The molecule has 1 atom stereocenters. The summed E-state index contributed by atoms with van der Waals surface area (Å²) in [7, 11) is 0. The number of carbonyl (C=O) groups excluding carboxylic acids is 1. The summed E-state index contributed by atoms with van der Waals surface area (Å²) >= 11 is 0. The van der Waals surface area contributed by atoms with Crippen LogP contribution in [0, 0.1) is 0 Å². The van der Waals surface area contributed by atoms with Crippen molar-refractivity contribution in [3.05, 3.63) is 120 Å². The first-order valence-corrected chi connectivity index (χ1v) is 13.1. The lowest BCUT2D eigenvalue weighted by molar-refractivity contribution is 0.0951. The Morgan fingerprint density at radius 3 is 2.49 bits per heavy atom. The number of nitrogens with one attached hydrogen (secondary N) is 2. The minimum Gasteiger partial charge on any atom is -0.469 e. The van der Waals surface area contributed by atoms with Crippen molar-refractivity contribution in [3.63, 3.8) is 0 Å². The molecular formula is C31H34N4O2. The van der Waals surface area contributed by atoms with Gasteiger partial charge in [0.2, 0.25) is 0 Å². The Labute approximate surface area is 218 Å². The van der Waals surface area contributed by atoms with E-state index >= 15 is 0 Å². The summed E-state index contributed by atoms with van der Waals surface area (Å²) in [6, 6.07) is 26.9. The predicted molar refractivity (Wildman–Crippen MR) is 147 cm³/mol. The van der Waals surface area contributed by atoms with Gasteiger partial charge in [0.15, 0.2) is 0 Å². The van der Waals surface area contributed by atoms with Crippen molar-refractivity contribution in [2.75, 3.05) is 24.5 Å². The van der Waals surface area contributed by atoms with E-state index in [1.165, 1.54) is 11.3 Å². The van der Waals surface area contributed by atoms with Gasteiger partial charge in [-0.25, -0.2) is 0 Å². The first kappa shape index (κ1) is 24.8. The maximum atomic E-state index is 12.5. The molecule has 1 amide bonds. The molecule has 1 fully saturated rings. The first-order valence-electron chi connectivity index (χ1n) is 13.1. The van der Waals surface area contributed by atoms with Crippen LogP contribution in [0.1, 0.15) is 52.4 Å². The molecule has 2 N–H and O–H groups in total. The van der Waals surface area contributed by atoms with Crippen molar-refractivity contribution in [3.8, 4) is 0 Å². The molecule has 5 rings (SSSR count). The number of hydrogen-bond donors (Lipinski definition) is 2. The third kappa shape index (κ3) is 6.66. The minimum absolute atomic E-state index is 0.0679. The smallest absolute Gasteiger partial charge is 0.251 e. The van der Waals surface area contributed by atoms with Crippen LogP contribution in [0.5, 0.6) is 0 Å². The van der Waals surface area contributed by atoms with Crippen LogP contribution in [0.2, 0.25) is 0 Å². The molecule has 6 heteroatoms. The lowest BCUT2D eigenvalue weighted by atomic mass is 9.93. The van der Waals surface area contributed by atoms with E-state index in [2.05, 4.69) is 69.0 Å². The Hall–Kier alpha value is -3.90. The Morgan fingerprint density at radius 1 is 0.973 bits per heavy atom. The SMILES string of the molecule is O=C(NCc1cccnc1)c1ccc(N2CCC(NCC[C@@H](c3ccccc3)c3ccco3)CC2)cc1. The molecule has 0 saturated carbocycles. The monoisotopic (exact) mass is 494 g/mol. The summed E-state index contributed by atoms with van der Waals surface area (Å²) in [5, 5.41) is 6.74. The van der Waals surface area contributed by atoms with E-state index in [0.717, 1.165) is 50.2 Å². The number of carbonyl (C=O) groups is 1. The van der Waals surface area contributed by atoms with E-state index in [0.29, 0.717) is 18.2 Å². The van der Waals surface area contributed by atoms with Crippen LogP contribution in [0.3, 0.4) is 0 Å². The van der Waals surface area contributed by atoms with Crippen LogP contribution < -0.4 is 15.5 Å². The molecule has 0 bridgehead atoms. The fourth-order valence-electron chi connectivity index (χ4n) is 5.03. The highest BCUT2D eigenvalue weighted by atomic mass is 16.3. The molecule has 0 unspecified atom stereocenters. The molecule has 0 aliphatic carbocycles. The Morgan fingerprint density at radius 2 is 1.78 bits per heavy atom. The van der Waals surface area contributed by atoms with Crippen LogP contribution >= 0.6 is 0 Å². The molecule has 190 valence electrons. The van der Waals surface area contributed by atoms with E-state index in [4.69, 9.17) is 4.42 Å². The summed E-state index contributed by atoms with van der Waals surface area (Å²) in [5.41, 5.74) is 4.13. The molecule has 0 spiro atoms. The van der Waals surface area contributed by atoms with Crippen LogP contribution in [-0.2, 0) is 6.54 Å². The number of piperidine rings is 1.